The first-order valence-corrected chi connectivity index (χ1v) is 8.33. The normalized spacial score (nSPS) is 17.6. The predicted octanol–water partition coefficient (Wildman–Crippen LogP) is 2.07. The van der Waals surface area contributed by atoms with Crippen LogP contribution >= 0.6 is 0 Å². The van der Waals surface area contributed by atoms with E-state index in [1.807, 2.05) is 25.4 Å². The highest BCUT2D eigenvalue weighted by atomic mass is 19.1. The molecule has 1 atom stereocenters. The van der Waals surface area contributed by atoms with Gasteiger partial charge >= 0.3 is 0 Å². The van der Waals surface area contributed by atoms with E-state index in [1.165, 1.54) is 6.92 Å². The zero-order chi connectivity index (χ0) is 17.8. The Bertz CT molecular complexity index is 733. The van der Waals surface area contributed by atoms with Gasteiger partial charge in [0.2, 0.25) is 5.91 Å². The highest BCUT2D eigenvalue weighted by Gasteiger charge is 2.28. The minimum atomic E-state index is -0.867. The average Bonchev–Trinajstić information content (AvgIpc) is 3.20. The summed E-state index contributed by atoms with van der Waals surface area (Å²) in [4.78, 5) is 11.8. The molecule has 1 unspecified atom stereocenters. The third-order valence-corrected chi connectivity index (χ3v) is 4.19. The van der Waals surface area contributed by atoms with Gasteiger partial charge < -0.3 is 4.74 Å². The summed E-state index contributed by atoms with van der Waals surface area (Å²) in [6.45, 7) is 3.04. The smallest absolute Gasteiger partial charge is 0.233 e. The molecule has 133 valence electrons. The number of nitrogens with zero attached hydrogens (tertiary/aromatic N) is 4. The Kier molecular flexibility index (Phi) is 5.33. The van der Waals surface area contributed by atoms with Gasteiger partial charge in [-0.2, -0.15) is 5.10 Å². The van der Waals surface area contributed by atoms with E-state index in [4.69, 9.17) is 4.74 Å². The van der Waals surface area contributed by atoms with E-state index in [1.54, 1.807) is 27.0 Å². The fourth-order valence-electron chi connectivity index (χ4n) is 2.94. The lowest BCUT2D eigenvalue weighted by atomic mass is 10.1. The number of rotatable bonds is 6. The summed E-state index contributed by atoms with van der Waals surface area (Å²) in [6.07, 6.45) is 3.30. The Hall–Kier alpha value is -2.41. The Labute approximate surface area is 146 Å². The molecular formula is C18H22FN4O2. The van der Waals surface area contributed by atoms with Crippen LogP contribution in [0.5, 0.6) is 5.75 Å². The highest BCUT2D eigenvalue weighted by Crippen LogP contribution is 2.23. The van der Waals surface area contributed by atoms with Crippen molar-refractivity contribution in [2.75, 3.05) is 26.2 Å². The van der Waals surface area contributed by atoms with Crippen LogP contribution < -0.4 is 4.74 Å². The third kappa shape index (κ3) is 4.36. The maximum Gasteiger partial charge on any atom is 0.233 e. The van der Waals surface area contributed by atoms with E-state index in [-0.39, 0.29) is 12.5 Å². The van der Waals surface area contributed by atoms with E-state index in [2.05, 4.69) is 11.2 Å². The van der Waals surface area contributed by atoms with Gasteiger partial charge in [0.25, 0.3) is 0 Å². The number of hydrazine groups is 1. The topological polar surface area (TPSA) is 50.6 Å². The molecule has 2 aromatic rings. The lowest BCUT2D eigenvalue weighted by Crippen LogP contribution is -2.46. The van der Waals surface area contributed by atoms with Gasteiger partial charge in [-0.05, 0) is 36.2 Å². The van der Waals surface area contributed by atoms with Crippen molar-refractivity contribution >= 4 is 5.91 Å². The molecule has 1 aromatic heterocycles. The Morgan fingerprint density at radius 1 is 1.48 bits per heavy atom. The fourth-order valence-corrected chi connectivity index (χ4v) is 2.94. The lowest BCUT2D eigenvalue weighted by Gasteiger charge is -2.30. The number of carbonyl (C=O) groups excluding carboxylic acids is 1. The number of hydrogen-bond acceptors (Lipinski definition) is 4. The van der Waals surface area contributed by atoms with Crippen LogP contribution in [0.2, 0.25) is 0 Å². The second-order valence-corrected chi connectivity index (χ2v) is 6.15. The molecule has 7 heteroatoms. The van der Waals surface area contributed by atoms with Crippen molar-refractivity contribution in [2.45, 2.75) is 19.5 Å². The lowest BCUT2D eigenvalue weighted by molar-refractivity contribution is -0.145. The van der Waals surface area contributed by atoms with Crippen molar-refractivity contribution in [3.8, 4) is 16.9 Å². The zero-order valence-corrected chi connectivity index (χ0v) is 14.5. The van der Waals surface area contributed by atoms with Gasteiger partial charge in [-0.1, -0.05) is 0 Å². The van der Waals surface area contributed by atoms with Crippen molar-refractivity contribution in [2.24, 2.45) is 7.05 Å². The molecule has 6 nitrogen and oxygen atoms in total. The zero-order valence-electron chi connectivity index (χ0n) is 14.5. The van der Waals surface area contributed by atoms with Crippen molar-refractivity contribution in [3.63, 3.8) is 0 Å². The molecule has 1 aromatic carbocycles. The van der Waals surface area contributed by atoms with Crippen LogP contribution in [0, 0.1) is 6.07 Å². The largest absolute Gasteiger partial charge is 0.492 e. The summed E-state index contributed by atoms with van der Waals surface area (Å²) >= 11 is 0. The molecule has 0 aliphatic carbocycles. The van der Waals surface area contributed by atoms with Crippen LogP contribution in [0.4, 0.5) is 4.39 Å². The number of benzene rings is 1. The minimum Gasteiger partial charge on any atom is -0.492 e. The molecule has 1 aliphatic rings. The summed E-state index contributed by atoms with van der Waals surface area (Å²) < 4.78 is 20.9. The summed E-state index contributed by atoms with van der Waals surface area (Å²) in [5.74, 6) is 0.572. The standard InChI is InChI=1S/C18H22FN4O2/c1-14(24)23(22-7-6-17(19)13-22)8-9-25-18-5-3-4-15(10-18)16-11-20-21(2)12-16/h4-5,10-12,17H,6-9,13H2,1-2H3. The molecule has 3 rings (SSSR count). The molecular weight excluding hydrogens is 323 g/mol. The second-order valence-electron chi connectivity index (χ2n) is 6.15. The summed E-state index contributed by atoms with van der Waals surface area (Å²) in [5, 5.41) is 7.48. The monoisotopic (exact) mass is 345 g/mol. The maximum absolute atomic E-state index is 13.4. The van der Waals surface area contributed by atoms with Gasteiger partial charge in [-0.15, -0.1) is 0 Å². The first-order valence-electron chi connectivity index (χ1n) is 8.33. The predicted molar refractivity (Wildman–Crippen MR) is 91.4 cm³/mol. The molecule has 2 heterocycles. The molecule has 25 heavy (non-hydrogen) atoms. The van der Waals surface area contributed by atoms with E-state index in [0.29, 0.717) is 31.9 Å². The van der Waals surface area contributed by atoms with Crippen LogP contribution in [0.25, 0.3) is 11.1 Å². The van der Waals surface area contributed by atoms with E-state index in [0.717, 1.165) is 11.1 Å². The molecule has 0 spiro atoms. The molecule has 1 aliphatic heterocycles. The van der Waals surface area contributed by atoms with Gasteiger partial charge in [0.1, 0.15) is 18.5 Å². The molecule has 0 N–H and O–H groups in total. The number of carbonyl (C=O) groups is 1. The van der Waals surface area contributed by atoms with Gasteiger partial charge in [-0.3, -0.25) is 14.5 Å². The van der Waals surface area contributed by atoms with Gasteiger partial charge in [0.15, 0.2) is 0 Å². The van der Waals surface area contributed by atoms with Crippen molar-refractivity contribution < 1.29 is 13.9 Å². The third-order valence-electron chi connectivity index (χ3n) is 4.19. The second kappa shape index (κ2) is 7.65. The Morgan fingerprint density at radius 3 is 2.96 bits per heavy atom. The molecule has 1 radical (unpaired) electrons. The van der Waals surface area contributed by atoms with E-state index in [9.17, 15) is 9.18 Å². The van der Waals surface area contributed by atoms with E-state index < -0.39 is 6.17 Å². The number of aryl methyl sites for hydroxylation is 1. The minimum absolute atomic E-state index is 0.103. The summed E-state index contributed by atoms with van der Waals surface area (Å²) in [6, 6.07) is 8.60. The van der Waals surface area contributed by atoms with Gasteiger partial charge in [-0.25, -0.2) is 9.40 Å². The van der Waals surface area contributed by atoms with E-state index >= 15 is 0 Å². The number of amides is 1. The number of halogens is 1. The molecule has 1 amide bonds. The van der Waals surface area contributed by atoms with Crippen molar-refractivity contribution in [1.82, 2.24) is 19.8 Å². The number of aromatic nitrogens is 2. The van der Waals surface area contributed by atoms with Gasteiger partial charge in [0, 0.05) is 38.8 Å². The Balaban J connectivity index is 1.58. The first-order chi connectivity index (χ1) is 12.0. The number of alkyl halides is 1. The molecule has 1 saturated heterocycles. The van der Waals surface area contributed by atoms with Crippen molar-refractivity contribution in [3.05, 3.63) is 36.7 Å². The van der Waals surface area contributed by atoms with Crippen LogP contribution in [-0.4, -0.2) is 58.1 Å². The molecule has 0 saturated carbocycles. The van der Waals surface area contributed by atoms with Crippen LogP contribution in [0.15, 0.2) is 30.6 Å². The number of ether oxygens (including phenoxy) is 1. The fraction of sp³-hybridized carbons (Fsp3) is 0.444. The van der Waals surface area contributed by atoms with Crippen LogP contribution in [0.1, 0.15) is 13.3 Å². The van der Waals surface area contributed by atoms with Crippen LogP contribution in [-0.2, 0) is 11.8 Å². The quantitative estimate of drug-likeness (QED) is 0.804. The molecule has 0 bridgehead atoms. The number of hydrogen-bond donors (Lipinski definition) is 0. The average molecular weight is 345 g/mol. The van der Waals surface area contributed by atoms with Gasteiger partial charge in [0.05, 0.1) is 12.7 Å². The Morgan fingerprint density at radius 2 is 2.32 bits per heavy atom. The SMILES string of the molecule is CC(=O)N(CCOc1c[c]cc(-c2cnn(C)c2)c1)N1CCC(F)C1. The molecule has 1 fully saturated rings. The highest BCUT2D eigenvalue weighted by molar-refractivity contribution is 5.72. The summed E-state index contributed by atoms with van der Waals surface area (Å²) in [5.41, 5.74) is 1.95. The summed E-state index contributed by atoms with van der Waals surface area (Å²) in [7, 11) is 1.87. The maximum atomic E-state index is 13.4. The first kappa shape index (κ1) is 17.4. The van der Waals surface area contributed by atoms with Crippen molar-refractivity contribution in [1.29, 1.82) is 0 Å². The van der Waals surface area contributed by atoms with Crippen LogP contribution in [0.3, 0.4) is 0 Å².